The first kappa shape index (κ1) is 14.6. The Kier molecular flexibility index (Phi) is 3.18. The highest BCUT2D eigenvalue weighted by atomic mass is 32.2. The van der Waals surface area contributed by atoms with E-state index in [2.05, 4.69) is 0 Å². The van der Waals surface area contributed by atoms with Gasteiger partial charge in [0.2, 0.25) is 10.0 Å². The lowest BCUT2D eigenvalue weighted by molar-refractivity contribution is 0.0640. The number of rotatable bonds is 3. The fourth-order valence-electron chi connectivity index (χ4n) is 3.06. The van der Waals surface area contributed by atoms with E-state index in [1.807, 2.05) is 18.7 Å². The van der Waals surface area contributed by atoms with Crippen molar-refractivity contribution in [2.45, 2.75) is 56.0 Å². The lowest BCUT2D eigenvalue weighted by Crippen LogP contribution is -2.43. The predicted molar refractivity (Wildman–Crippen MR) is 78.4 cm³/mol. The highest BCUT2D eigenvalue weighted by molar-refractivity contribution is 7.89. The van der Waals surface area contributed by atoms with Crippen LogP contribution in [0, 0.1) is 0 Å². The smallest absolute Gasteiger partial charge is 0.270 e. The molecule has 0 unspecified atom stereocenters. The standard InChI is InChI=1S/C14H21N3O3S/c1-14(2)6-3-7-17(14)13(18)12-8-11(21(15,19)20)9-16(12)10-4-5-10/h8-10H,3-7H2,1-2H3,(H2,15,19,20). The first-order valence-corrected chi connectivity index (χ1v) is 8.81. The van der Waals surface area contributed by atoms with Crippen LogP contribution in [0.25, 0.3) is 0 Å². The summed E-state index contributed by atoms with van der Waals surface area (Å²) >= 11 is 0. The zero-order valence-electron chi connectivity index (χ0n) is 12.4. The van der Waals surface area contributed by atoms with E-state index in [1.165, 1.54) is 12.3 Å². The van der Waals surface area contributed by atoms with Crippen LogP contribution in [0.3, 0.4) is 0 Å². The Morgan fingerprint density at radius 3 is 2.52 bits per heavy atom. The summed E-state index contributed by atoms with van der Waals surface area (Å²) in [5.41, 5.74) is 0.258. The molecule has 2 N–H and O–H groups in total. The summed E-state index contributed by atoms with van der Waals surface area (Å²) in [6, 6.07) is 1.65. The van der Waals surface area contributed by atoms with Gasteiger partial charge in [-0.3, -0.25) is 4.79 Å². The summed E-state index contributed by atoms with van der Waals surface area (Å²) < 4.78 is 24.9. The number of sulfonamides is 1. The van der Waals surface area contributed by atoms with Gasteiger partial charge in [0, 0.05) is 24.3 Å². The first-order valence-electron chi connectivity index (χ1n) is 7.27. The molecule has 0 bridgehead atoms. The van der Waals surface area contributed by atoms with Gasteiger partial charge in [-0.15, -0.1) is 0 Å². The largest absolute Gasteiger partial charge is 0.339 e. The second-order valence-electron chi connectivity index (χ2n) is 6.62. The average molecular weight is 311 g/mol. The molecule has 1 saturated carbocycles. The van der Waals surface area contributed by atoms with Gasteiger partial charge >= 0.3 is 0 Å². The quantitative estimate of drug-likeness (QED) is 0.917. The molecule has 0 spiro atoms. The molecule has 1 aliphatic heterocycles. The minimum Gasteiger partial charge on any atom is -0.339 e. The Hall–Kier alpha value is -1.34. The third-order valence-corrected chi connectivity index (χ3v) is 5.34. The van der Waals surface area contributed by atoms with Crippen molar-refractivity contribution in [3.63, 3.8) is 0 Å². The minimum absolute atomic E-state index is 0.0229. The lowest BCUT2D eigenvalue weighted by Gasteiger charge is -2.31. The highest BCUT2D eigenvalue weighted by Gasteiger charge is 2.38. The second kappa shape index (κ2) is 4.58. The van der Waals surface area contributed by atoms with Crippen molar-refractivity contribution >= 4 is 15.9 Å². The van der Waals surface area contributed by atoms with E-state index in [0.29, 0.717) is 12.2 Å². The molecule has 1 aliphatic carbocycles. The van der Waals surface area contributed by atoms with Crippen molar-refractivity contribution in [1.29, 1.82) is 0 Å². The maximum atomic E-state index is 12.8. The Morgan fingerprint density at radius 2 is 2.05 bits per heavy atom. The van der Waals surface area contributed by atoms with Gasteiger partial charge in [0.25, 0.3) is 5.91 Å². The van der Waals surface area contributed by atoms with E-state index in [4.69, 9.17) is 5.14 Å². The minimum atomic E-state index is -3.79. The number of nitrogens with two attached hydrogens (primary N) is 1. The molecule has 2 fully saturated rings. The van der Waals surface area contributed by atoms with Gasteiger partial charge in [-0.05, 0) is 45.6 Å². The Balaban J connectivity index is 2.01. The van der Waals surface area contributed by atoms with Crippen molar-refractivity contribution in [3.05, 3.63) is 18.0 Å². The van der Waals surface area contributed by atoms with Crippen molar-refractivity contribution in [2.75, 3.05) is 6.54 Å². The normalized spacial score (nSPS) is 21.8. The number of likely N-dealkylation sites (tertiary alicyclic amines) is 1. The number of hydrogen-bond acceptors (Lipinski definition) is 3. The zero-order chi connectivity index (χ0) is 15.4. The summed E-state index contributed by atoms with van der Waals surface area (Å²) in [4.78, 5) is 14.7. The van der Waals surface area contributed by atoms with Crippen LogP contribution in [0.1, 0.15) is 56.1 Å². The Labute approximate surface area is 125 Å². The third kappa shape index (κ3) is 2.60. The molecule has 1 aromatic heterocycles. The number of amides is 1. The summed E-state index contributed by atoms with van der Waals surface area (Å²) in [5.74, 6) is -0.0979. The molecular formula is C14H21N3O3S. The van der Waals surface area contributed by atoms with Crippen LogP contribution in [-0.4, -0.2) is 35.9 Å². The van der Waals surface area contributed by atoms with Gasteiger partial charge in [0.1, 0.15) is 10.6 Å². The van der Waals surface area contributed by atoms with Crippen molar-refractivity contribution < 1.29 is 13.2 Å². The fourth-order valence-corrected chi connectivity index (χ4v) is 3.59. The molecule has 0 radical (unpaired) electrons. The molecule has 2 heterocycles. The van der Waals surface area contributed by atoms with Crippen molar-refractivity contribution in [3.8, 4) is 0 Å². The Bertz CT molecular complexity index is 686. The molecule has 3 rings (SSSR count). The van der Waals surface area contributed by atoms with E-state index >= 15 is 0 Å². The molecule has 1 amide bonds. The maximum Gasteiger partial charge on any atom is 0.270 e. The fraction of sp³-hybridized carbons (Fsp3) is 0.643. The van der Waals surface area contributed by atoms with Crippen LogP contribution >= 0.6 is 0 Å². The number of hydrogen-bond donors (Lipinski definition) is 1. The SMILES string of the molecule is CC1(C)CCCN1C(=O)c1cc(S(N)(=O)=O)cn1C1CC1. The van der Waals surface area contributed by atoms with Gasteiger partial charge in [-0.1, -0.05) is 0 Å². The van der Waals surface area contributed by atoms with Gasteiger partial charge in [0.05, 0.1) is 0 Å². The van der Waals surface area contributed by atoms with Crippen LogP contribution in [0.15, 0.2) is 17.2 Å². The zero-order valence-corrected chi connectivity index (χ0v) is 13.2. The van der Waals surface area contributed by atoms with Crippen molar-refractivity contribution in [2.24, 2.45) is 5.14 Å². The summed E-state index contributed by atoms with van der Waals surface area (Å²) in [7, 11) is -3.79. The third-order valence-electron chi connectivity index (χ3n) is 4.46. The molecule has 0 atom stereocenters. The molecule has 6 nitrogen and oxygen atoms in total. The lowest BCUT2D eigenvalue weighted by atomic mass is 10.0. The topological polar surface area (TPSA) is 85.4 Å². The maximum absolute atomic E-state index is 12.8. The molecule has 116 valence electrons. The predicted octanol–water partition coefficient (Wildman–Crippen LogP) is 1.49. The second-order valence-corrected chi connectivity index (χ2v) is 8.18. The van der Waals surface area contributed by atoms with Crippen LogP contribution < -0.4 is 5.14 Å². The first-order chi connectivity index (χ1) is 9.70. The van der Waals surface area contributed by atoms with Crippen LogP contribution in [0.4, 0.5) is 0 Å². The summed E-state index contributed by atoms with van der Waals surface area (Å²) in [6.45, 7) is 4.80. The number of carbonyl (C=O) groups is 1. The number of carbonyl (C=O) groups excluding carboxylic acids is 1. The van der Waals surface area contributed by atoms with Crippen molar-refractivity contribution in [1.82, 2.24) is 9.47 Å². The monoisotopic (exact) mass is 311 g/mol. The molecular weight excluding hydrogens is 290 g/mol. The molecule has 21 heavy (non-hydrogen) atoms. The number of primary sulfonamides is 1. The average Bonchev–Trinajstić information content (AvgIpc) is 2.99. The van der Waals surface area contributed by atoms with Gasteiger partial charge in [-0.2, -0.15) is 0 Å². The van der Waals surface area contributed by atoms with E-state index < -0.39 is 10.0 Å². The number of nitrogens with zero attached hydrogens (tertiary/aromatic N) is 2. The van der Waals surface area contributed by atoms with E-state index in [0.717, 1.165) is 25.7 Å². The highest BCUT2D eigenvalue weighted by Crippen LogP contribution is 2.38. The van der Waals surface area contributed by atoms with Crippen LogP contribution in [0.2, 0.25) is 0 Å². The Morgan fingerprint density at radius 1 is 1.38 bits per heavy atom. The van der Waals surface area contributed by atoms with Crippen LogP contribution in [0.5, 0.6) is 0 Å². The molecule has 1 aromatic rings. The molecule has 1 saturated heterocycles. The van der Waals surface area contributed by atoms with Gasteiger partial charge in [-0.25, -0.2) is 13.6 Å². The summed E-state index contributed by atoms with van der Waals surface area (Å²) in [5, 5.41) is 5.20. The van der Waals surface area contributed by atoms with E-state index in [1.54, 1.807) is 4.57 Å². The van der Waals surface area contributed by atoms with E-state index in [-0.39, 0.29) is 22.4 Å². The van der Waals surface area contributed by atoms with Gasteiger partial charge in [0.15, 0.2) is 0 Å². The molecule has 7 heteroatoms. The van der Waals surface area contributed by atoms with E-state index in [9.17, 15) is 13.2 Å². The molecule has 2 aliphatic rings. The number of aromatic nitrogens is 1. The summed E-state index contributed by atoms with van der Waals surface area (Å²) in [6.07, 6.45) is 5.39. The van der Waals surface area contributed by atoms with Crippen LogP contribution in [-0.2, 0) is 10.0 Å². The molecule has 0 aromatic carbocycles. The van der Waals surface area contributed by atoms with Gasteiger partial charge < -0.3 is 9.47 Å².